The number of aryl methyl sites for hydroxylation is 1. The van der Waals surface area contributed by atoms with Gasteiger partial charge >= 0.3 is 6.09 Å². The molecule has 0 aliphatic heterocycles. The minimum atomic E-state index is -0.808. The Kier molecular flexibility index (Phi) is 6.86. The second-order valence-electron chi connectivity index (χ2n) is 2.89. The summed E-state index contributed by atoms with van der Waals surface area (Å²) >= 11 is 0. The van der Waals surface area contributed by atoms with Crippen molar-refractivity contribution in [3.63, 3.8) is 0 Å². The van der Waals surface area contributed by atoms with E-state index >= 15 is 0 Å². The highest BCUT2D eigenvalue weighted by Gasteiger charge is 2.12. The first-order chi connectivity index (χ1) is 8.08. The molecule has 1 amide bonds. The summed E-state index contributed by atoms with van der Waals surface area (Å²) < 4.78 is 30.4. The number of halogens is 2. The number of carbonyl (C=O) groups excluding carboxylic acids is 1. The molecule has 96 valence electrons. The average molecular weight is 245 g/mol. The second-order valence-corrected chi connectivity index (χ2v) is 2.89. The Hall–Kier alpha value is -1.65. The lowest BCUT2D eigenvalue weighted by molar-refractivity contribution is 0.186. The molecule has 0 saturated carbocycles. The minimum absolute atomic E-state index is 0.0363. The van der Waals surface area contributed by atoms with Gasteiger partial charge in [-0.15, -0.1) is 0 Å². The van der Waals surface area contributed by atoms with Crippen molar-refractivity contribution in [1.82, 2.24) is 0 Å². The van der Waals surface area contributed by atoms with Gasteiger partial charge in [-0.05, 0) is 18.1 Å². The zero-order valence-electron chi connectivity index (χ0n) is 10.4. The second kappa shape index (κ2) is 7.60. The van der Waals surface area contributed by atoms with Crippen molar-refractivity contribution in [2.75, 3.05) is 12.4 Å². The van der Waals surface area contributed by atoms with Crippen LogP contribution in [0.4, 0.5) is 19.3 Å². The molecule has 0 bridgehead atoms. The van der Waals surface area contributed by atoms with Crippen molar-refractivity contribution in [2.45, 2.75) is 27.2 Å². The number of ether oxygens (including phenoxy) is 1. The van der Waals surface area contributed by atoms with E-state index in [0.717, 1.165) is 0 Å². The third-order valence-corrected chi connectivity index (χ3v) is 1.93. The standard InChI is InChI=1S/C10H11F2NO2.C2H6/c1-3-6-4-7(11)5-8(12)9(6)13-10(14)15-2;1-2/h4-5H,3H2,1-2H3,(H,13,14);1-2H3. The van der Waals surface area contributed by atoms with Gasteiger partial charge in [-0.1, -0.05) is 20.8 Å². The first-order valence-corrected chi connectivity index (χ1v) is 5.41. The molecule has 17 heavy (non-hydrogen) atoms. The largest absolute Gasteiger partial charge is 0.453 e. The molecule has 1 aromatic rings. The Labute approximate surface area is 99.8 Å². The van der Waals surface area contributed by atoms with Crippen LogP contribution in [0.1, 0.15) is 26.3 Å². The molecule has 1 N–H and O–H groups in total. The molecular weight excluding hydrogens is 228 g/mol. The van der Waals surface area contributed by atoms with Crippen LogP contribution in [0, 0.1) is 11.6 Å². The van der Waals surface area contributed by atoms with Crippen molar-refractivity contribution in [3.8, 4) is 0 Å². The van der Waals surface area contributed by atoms with E-state index in [1.807, 2.05) is 13.8 Å². The number of hydrogen-bond donors (Lipinski definition) is 1. The van der Waals surface area contributed by atoms with Crippen molar-refractivity contribution in [2.24, 2.45) is 0 Å². The van der Waals surface area contributed by atoms with Gasteiger partial charge in [0, 0.05) is 6.07 Å². The monoisotopic (exact) mass is 245 g/mol. The summed E-state index contributed by atoms with van der Waals surface area (Å²) in [6, 6.07) is 1.89. The molecule has 0 aliphatic rings. The number of anilines is 1. The number of benzene rings is 1. The molecule has 0 fully saturated rings. The first kappa shape index (κ1) is 15.3. The van der Waals surface area contributed by atoms with Crippen molar-refractivity contribution >= 4 is 11.8 Å². The molecule has 0 unspecified atom stereocenters. The van der Waals surface area contributed by atoms with Gasteiger partial charge in [0.25, 0.3) is 0 Å². The molecule has 3 nitrogen and oxygen atoms in total. The van der Waals surface area contributed by atoms with Crippen LogP contribution in [-0.2, 0) is 11.2 Å². The van der Waals surface area contributed by atoms with Crippen molar-refractivity contribution < 1.29 is 18.3 Å². The fourth-order valence-corrected chi connectivity index (χ4v) is 1.20. The first-order valence-electron chi connectivity index (χ1n) is 5.41. The van der Waals surface area contributed by atoms with E-state index in [9.17, 15) is 13.6 Å². The smallest absolute Gasteiger partial charge is 0.411 e. The molecule has 0 saturated heterocycles. The fraction of sp³-hybridized carbons (Fsp3) is 0.417. The molecule has 0 radical (unpaired) electrons. The van der Waals surface area contributed by atoms with E-state index in [2.05, 4.69) is 10.1 Å². The topological polar surface area (TPSA) is 38.3 Å². The molecule has 0 aromatic heterocycles. The Morgan fingerprint density at radius 3 is 2.41 bits per heavy atom. The van der Waals surface area contributed by atoms with Crippen LogP contribution in [0.15, 0.2) is 12.1 Å². The van der Waals surface area contributed by atoms with Crippen molar-refractivity contribution in [1.29, 1.82) is 0 Å². The quantitative estimate of drug-likeness (QED) is 0.862. The molecule has 0 heterocycles. The zero-order chi connectivity index (χ0) is 13.4. The Morgan fingerprint density at radius 2 is 1.94 bits per heavy atom. The highest BCUT2D eigenvalue weighted by molar-refractivity contribution is 5.85. The zero-order valence-corrected chi connectivity index (χ0v) is 10.4. The number of rotatable bonds is 2. The molecule has 5 heteroatoms. The van der Waals surface area contributed by atoms with Crippen LogP contribution in [0.3, 0.4) is 0 Å². The van der Waals surface area contributed by atoms with E-state index in [1.54, 1.807) is 6.92 Å². The SMILES string of the molecule is CC.CCc1cc(F)cc(F)c1NC(=O)OC. The fourth-order valence-electron chi connectivity index (χ4n) is 1.20. The van der Waals surface area contributed by atoms with Gasteiger partial charge < -0.3 is 4.74 Å². The molecule has 0 aliphatic carbocycles. The van der Waals surface area contributed by atoms with Gasteiger partial charge in [0.1, 0.15) is 11.6 Å². The molecule has 0 atom stereocenters. The number of hydrogen-bond acceptors (Lipinski definition) is 2. The van der Waals surface area contributed by atoms with Crippen LogP contribution >= 0.6 is 0 Å². The van der Waals surface area contributed by atoms with E-state index in [0.29, 0.717) is 18.1 Å². The predicted octanol–water partition coefficient (Wildman–Crippen LogP) is 3.73. The van der Waals surface area contributed by atoms with E-state index in [1.165, 1.54) is 13.2 Å². The Balaban J connectivity index is 0.00000121. The Bertz CT molecular complexity index is 381. The van der Waals surface area contributed by atoms with Crippen LogP contribution < -0.4 is 5.32 Å². The third-order valence-electron chi connectivity index (χ3n) is 1.93. The summed E-state index contributed by atoms with van der Waals surface area (Å²) in [6.45, 7) is 5.73. The van der Waals surface area contributed by atoms with Gasteiger partial charge in [-0.25, -0.2) is 13.6 Å². The van der Waals surface area contributed by atoms with Crippen LogP contribution in [-0.4, -0.2) is 13.2 Å². The van der Waals surface area contributed by atoms with Crippen LogP contribution in [0.5, 0.6) is 0 Å². The molecule has 0 spiro atoms. The van der Waals surface area contributed by atoms with Crippen LogP contribution in [0.2, 0.25) is 0 Å². The van der Waals surface area contributed by atoms with Gasteiger partial charge in [0.05, 0.1) is 12.8 Å². The number of nitrogens with one attached hydrogen (secondary N) is 1. The molecular formula is C12H17F2NO2. The average Bonchev–Trinajstić information content (AvgIpc) is 2.34. The Morgan fingerprint density at radius 1 is 1.35 bits per heavy atom. The van der Waals surface area contributed by atoms with Gasteiger partial charge in [-0.3, -0.25) is 5.32 Å². The lowest BCUT2D eigenvalue weighted by atomic mass is 10.1. The molecule has 1 rings (SSSR count). The normalized spacial score (nSPS) is 9.06. The predicted molar refractivity (Wildman–Crippen MR) is 63.1 cm³/mol. The lowest BCUT2D eigenvalue weighted by Crippen LogP contribution is -2.14. The summed E-state index contributed by atoms with van der Waals surface area (Å²) in [6.07, 6.45) is -0.371. The highest BCUT2D eigenvalue weighted by Crippen LogP contribution is 2.22. The number of carbonyl (C=O) groups is 1. The maximum atomic E-state index is 13.3. The number of amides is 1. The minimum Gasteiger partial charge on any atom is -0.453 e. The summed E-state index contributed by atoms with van der Waals surface area (Å²) in [7, 11) is 1.17. The van der Waals surface area contributed by atoms with Crippen LogP contribution in [0.25, 0.3) is 0 Å². The summed E-state index contributed by atoms with van der Waals surface area (Å²) in [5.41, 5.74) is 0.351. The van der Waals surface area contributed by atoms with E-state index < -0.39 is 17.7 Å². The number of methoxy groups -OCH3 is 1. The van der Waals surface area contributed by atoms with Gasteiger partial charge in [0.15, 0.2) is 0 Å². The third kappa shape index (κ3) is 4.38. The summed E-state index contributed by atoms with van der Waals surface area (Å²) in [5.74, 6) is -1.47. The van der Waals surface area contributed by atoms with E-state index in [4.69, 9.17) is 0 Å². The summed E-state index contributed by atoms with van der Waals surface area (Å²) in [4.78, 5) is 10.9. The maximum Gasteiger partial charge on any atom is 0.411 e. The lowest BCUT2D eigenvalue weighted by Gasteiger charge is -2.10. The van der Waals surface area contributed by atoms with Gasteiger partial charge in [0.2, 0.25) is 0 Å². The van der Waals surface area contributed by atoms with Gasteiger partial charge in [-0.2, -0.15) is 0 Å². The van der Waals surface area contributed by atoms with Crippen molar-refractivity contribution in [3.05, 3.63) is 29.3 Å². The molecule has 1 aromatic carbocycles. The maximum absolute atomic E-state index is 13.3. The van der Waals surface area contributed by atoms with E-state index in [-0.39, 0.29) is 5.69 Å². The summed E-state index contributed by atoms with van der Waals surface area (Å²) in [5, 5.41) is 2.20. The highest BCUT2D eigenvalue weighted by atomic mass is 19.1.